The van der Waals surface area contributed by atoms with Crippen LogP contribution >= 0.6 is 37.1 Å². The SMILES string of the molecule is CNC(=S)N/N=C(C)/C(C)=N/NC(=S)NCCS. The van der Waals surface area contributed by atoms with Crippen molar-refractivity contribution < 1.29 is 0 Å². The summed E-state index contributed by atoms with van der Waals surface area (Å²) in [6, 6.07) is 0. The lowest BCUT2D eigenvalue weighted by molar-refractivity contribution is 0.908. The van der Waals surface area contributed by atoms with Crippen molar-refractivity contribution >= 4 is 58.7 Å². The molecule has 0 saturated carbocycles. The minimum absolute atomic E-state index is 0.445. The molecule has 102 valence electrons. The fourth-order valence-corrected chi connectivity index (χ4v) is 1.00. The fourth-order valence-electron chi connectivity index (χ4n) is 0.696. The Kier molecular flexibility index (Phi) is 9.52. The Balaban J connectivity index is 4.23. The second-order valence-corrected chi connectivity index (χ2v) is 4.44. The highest BCUT2D eigenvalue weighted by atomic mass is 32.1. The fraction of sp³-hybridized carbons (Fsp3) is 0.556. The molecular formula is C9H18N6S3. The van der Waals surface area contributed by atoms with Crippen molar-refractivity contribution in [3.63, 3.8) is 0 Å². The number of thiol groups is 1. The monoisotopic (exact) mass is 306 g/mol. The van der Waals surface area contributed by atoms with E-state index in [0.29, 0.717) is 33.9 Å². The largest absolute Gasteiger partial charge is 0.364 e. The second-order valence-electron chi connectivity index (χ2n) is 3.18. The van der Waals surface area contributed by atoms with Gasteiger partial charge in [0.05, 0.1) is 11.4 Å². The predicted molar refractivity (Wildman–Crippen MR) is 88.6 cm³/mol. The van der Waals surface area contributed by atoms with E-state index in [9.17, 15) is 0 Å². The Bertz CT molecular complexity index is 352. The van der Waals surface area contributed by atoms with Crippen LogP contribution < -0.4 is 21.5 Å². The molecule has 0 aliphatic rings. The van der Waals surface area contributed by atoms with Gasteiger partial charge in [-0.25, -0.2) is 0 Å². The van der Waals surface area contributed by atoms with Crippen LogP contribution in [0.3, 0.4) is 0 Å². The lowest BCUT2D eigenvalue weighted by atomic mass is 10.3. The van der Waals surface area contributed by atoms with Crippen LogP contribution in [0.25, 0.3) is 0 Å². The standard InChI is InChI=1S/C9H18N6S3/c1-6(12-14-8(17)10-3)7(2)13-15-9(18)11-4-5-16/h16H,4-5H2,1-3H3,(H2,10,14,17)(H2,11,15,18)/b12-6+,13-7+. The molecule has 0 radical (unpaired) electrons. The van der Waals surface area contributed by atoms with Crippen molar-refractivity contribution in [3.05, 3.63) is 0 Å². The molecule has 0 saturated heterocycles. The van der Waals surface area contributed by atoms with Gasteiger partial charge >= 0.3 is 0 Å². The van der Waals surface area contributed by atoms with Crippen LogP contribution in [0.2, 0.25) is 0 Å². The van der Waals surface area contributed by atoms with Crippen LogP contribution in [-0.4, -0.2) is 41.0 Å². The first-order valence-electron chi connectivity index (χ1n) is 5.22. The van der Waals surface area contributed by atoms with E-state index in [0.717, 1.165) is 0 Å². The van der Waals surface area contributed by atoms with E-state index >= 15 is 0 Å². The van der Waals surface area contributed by atoms with Crippen molar-refractivity contribution in [3.8, 4) is 0 Å². The first kappa shape index (κ1) is 17.1. The Morgan fingerprint density at radius 1 is 1.06 bits per heavy atom. The minimum atomic E-state index is 0.445. The smallest absolute Gasteiger partial charge is 0.186 e. The molecule has 0 aliphatic heterocycles. The van der Waals surface area contributed by atoms with Gasteiger partial charge < -0.3 is 10.6 Å². The molecule has 0 bridgehead atoms. The summed E-state index contributed by atoms with van der Waals surface area (Å²) < 4.78 is 0. The van der Waals surface area contributed by atoms with Crippen LogP contribution in [0.5, 0.6) is 0 Å². The molecule has 0 aromatic heterocycles. The van der Waals surface area contributed by atoms with Gasteiger partial charge in [0, 0.05) is 19.3 Å². The van der Waals surface area contributed by atoms with Gasteiger partial charge in [0.15, 0.2) is 10.2 Å². The Labute approximate surface area is 123 Å². The van der Waals surface area contributed by atoms with E-state index in [2.05, 4.69) is 44.3 Å². The summed E-state index contributed by atoms with van der Waals surface area (Å²) in [5.74, 6) is 0.705. The lowest BCUT2D eigenvalue weighted by Gasteiger charge is -2.07. The van der Waals surface area contributed by atoms with Gasteiger partial charge in [-0.1, -0.05) is 0 Å². The van der Waals surface area contributed by atoms with Gasteiger partial charge in [0.2, 0.25) is 0 Å². The molecule has 0 unspecified atom stereocenters. The first-order chi connectivity index (χ1) is 8.51. The highest BCUT2D eigenvalue weighted by Crippen LogP contribution is 1.82. The van der Waals surface area contributed by atoms with Crippen molar-refractivity contribution in [2.45, 2.75) is 13.8 Å². The molecular weight excluding hydrogens is 288 g/mol. The van der Waals surface area contributed by atoms with E-state index in [1.54, 1.807) is 7.05 Å². The summed E-state index contributed by atoms with van der Waals surface area (Å²) in [5.41, 5.74) is 6.80. The minimum Gasteiger partial charge on any atom is -0.364 e. The van der Waals surface area contributed by atoms with Crippen LogP contribution in [0.15, 0.2) is 10.2 Å². The molecule has 0 heterocycles. The van der Waals surface area contributed by atoms with Crippen molar-refractivity contribution in [1.29, 1.82) is 0 Å². The zero-order valence-electron chi connectivity index (χ0n) is 10.6. The molecule has 0 atom stereocenters. The number of hydrazone groups is 2. The summed E-state index contributed by atoms with van der Waals surface area (Å²) in [6.07, 6.45) is 0. The summed E-state index contributed by atoms with van der Waals surface area (Å²) in [6.45, 7) is 4.32. The maximum atomic E-state index is 5.00. The van der Waals surface area contributed by atoms with Gasteiger partial charge in [-0.2, -0.15) is 22.8 Å². The Hall–Kier alpha value is -0.930. The summed E-state index contributed by atoms with van der Waals surface area (Å²) in [5, 5.41) is 14.7. The van der Waals surface area contributed by atoms with Gasteiger partial charge in [-0.05, 0) is 38.3 Å². The number of hydrogen-bond donors (Lipinski definition) is 5. The van der Waals surface area contributed by atoms with Gasteiger partial charge in [-0.15, -0.1) is 0 Å². The molecule has 0 aromatic carbocycles. The predicted octanol–water partition coefficient (Wildman–Crippen LogP) is 0.226. The lowest BCUT2D eigenvalue weighted by Crippen LogP contribution is -2.34. The zero-order chi connectivity index (χ0) is 14.0. The molecule has 18 heavy (non-hydrogen) atoms. The van der Waals surface area contributed by atoms with Crippen LogP contribution in [-0.2, 0) is 0 Å². The Morgan fingerprint density at radius 2 is 1.56 bits per heavy atom. The topological polar surface area (TPSA) is 72.8 Å². The molecule has 0 spiro atoms. The molecule has 6 nitrogen and oxygen atoms in total. The highest BCUT2D eigenvalue weighted by molar-refractivity contribution is 7.80. The van der Waals surface area contributed by atoms with E-state index in [1.165, 1.54) is 0 Å². The van der Waals surface area contributed by atoms with Crippen LogP contribution in [0.1, 0.15) is 13.8 Å². The zero-order valence-corrected chi connectivity index (χ0v) is 13.1. The van der Waals surface area contributed by atoms with Gasteiger partial charge in [-0.3, -0.25) is 10.9 Å². The van der Waals surface area contributed by atoms with Gasteiger partial charge in [0.25, 0.3) is 0 Å². The third-order valence-electron chi connectivity index (χ3n) is 1.80. The van der Waals surface area contributed by atoms with E-state index in [4.69, 9.17) is 24.4 Å². The number of nitrogens with zero attached hydrogens (tertiary/aromatic N) is 2. The number of rotatable bonds is 5. The molecule has 9 heteroatoms. The molecule has 0 fully saturated rings. The summed E-state index contributed by atoms with van der Waals surface area (Å²) in [7, 11) is 1.72. The average molecular weight is 306 g/mol. The first-order valence-corrected chi connectivity index (χ1v) is 6.67. The second kappa shape index (κ2) is 10.0. The third-order valence-corrected chi connectivity index (χ3v) is 2.55. The van der Waals surface area contributed by atoms with Gasteiger partial charge in [0.1, 0.15) is 0 Å². The van der Waals surface area contributed by atoms with Crippen LogP contribution in [0, 0.1) is 0 Å². The van der Waals surface area contributed by atoms with Crippen molar-refractivity contribution in [2.24, 2.45) is 10.2 Å². The van der Waals surface area contributed by atoms with E-state index < -0.39 is 0 Å². The number of thiocarbonyl (C=S) groups is 2. The van der Waals surface area contributed by atoms with Crippen molar-refractivity contribution in [1.82, 2.24) is 21.5 Å². The maximum Gasteiger partial charge on any atom is 0.186 e. The summed E-state index contributed by atoms with van der Waals surface area (Å²) in [4.78, 5) is 0. The highest BCUT2D eigenvalue weighted by Gasteiger charge is 1.98. The molecule has 0 amide bonds. The van der Waals surface area contributed by atoms with E-state index in [-0.39, 0.29) is 0 Å². The number of hydrogen-bond acceptors (Lipinski definition) is 5. The maximum absolute atomic E-state index is 5.00. The summed E-state index contributed by atoms with van der Waals surface area (Å²) >= 11 is 14.0. The van der Waals surface area contributed by atoms with Crippen molar-refractivity contribution in [2.75, 3.05) is 19.3 Å². The molecule has 4 N–H and O–H groups in total. The van der Waals surface area contributed by atoms with Crippen LogP contribution in [0.4, 0.5) is 0 Å². The molecule has 0 aliphatic carbocycles. The normalized spacial score (nSPS) is 11.8. The quantitative estimate of drug-likeness (QED) is 0.217. The average Bonchev–Trinajstić information content (AvgIpc) is 2.38. The van der Waals surface area contributed by atoms with E-state index in [1.807, 2.05) is 13.8 Å². The molecule has 0 rings (SSSR count). The third kappa shape index (κ3) is 8.20. The number of nitrogens with one attached hydrogen (secondary N) is 4. The molecule has 0 aromatic rings. The Morgan fingerprint density at radius 3 is 2.00 bits per heavy atom.